The average molecular weight is 442 g/mol. The predicted octanol–water partition coefficient (Wildman–Crippen LogP) is 4.91. The molecule has 4 rings (SSSR count). The summed E-state index contributed by atoms with van der Waals surface area (Å²) in [6, 6.07) is 7.91. The summed E-state index contributed by atoms with van der Waals surface area (Å²) in [5, 5.41) is 6.25. The van der Waals surface area contributed by atoms with E-state index < -0.39 is 17.6 Å². The number of carbonyl (C=O) groups is 1. The number of pyridine rings is 1. The zero-order valence-corrected chi connectivity index (χ0v) is 17.4. The molecular weight excluding hydrogens is 421 g/mol. The van der Waals surface area contributed by atoms with Crippen molar-refractivity contribution in [3.63, 3.8) is 0 Å². The smallest absolute Gasteiger partial charge is 0.421 e. The standard InChI is InChI=1S/C23H21F3N4O2/c1-3-19-14(2)30-13-16(8-11-20(30)29-19)28-21(31)15-6-9-17(10-7-15)32-22-18(23(24,25)26)5-4-12-27-22/h4-13,20,29H,3H2,1-2H3,(H,28,31). The van der Waals surface area contributed by atoms with Crippen molar-refractivity contribution in [3.8, 4) is 11.6 Å². The van der Waals surface area contributed by atoms with E-state index in [1.54, 1.807) is 0 Å². The van der Waals surface area contributed by atoms with Crippen molar-refractivity contribution in [1.29, 1.82) is 0 Å². The number of hydrogen-bond acceptors (Lipinski definition) is 5. The van der Waals surface area contributed by atoms with Gasteiger partial charge in [0.2, 0.25) is 5.88 Å². The first kappa shape index (κ1) is 21.5. The van der Waals surface area contributed by atoms with Crippen molar-refractivity contribution >= 4 is 5.91 Å². The van der Waals surface area contributed by atoms with Crippen LogP contribution in [0.3, 0.4) is 0 Å². The van der Waals surface area contributed by atoms with Gasteiger partial charge in [-0.2, -0.15) is 13.2 Å². The van der Waals surface area contributed by atoms with E-state index in [4.69, 9.17) is 4.74 Å². The third-order valence-electron chi connectivity index (χ3n) is 5.20. The van der Waals surface area contributed by atoms with Crippen molar-refractivity contribution in [3.05, 3.63) is 89.2 Å². The quantitative estimate of drug-likeness (QED) is 0.689. The van der Waals surface area contributed by atoms with Crippen molar-refractivity contribution in [2.75, 3.05) is 0 Å². The highest BCUT2D eigenvalue weighted by Gasteiger charge is 2.35. The minimum atomic E-state index is -4.58. The molecule has 0 radical (unpaired) electrons. The van der Waals surface area contributed by atoms with E-state index in [2.05, 4.69) is 27.4 Å². The Kier molecular flexibility index (Phi) is 5.65. The summed E-state index contributed by atoms with van der Waals surface area (Å²) in [6.45, 7) is 4.09. The first-order valence-electron chi connectivity index (χ1n) is 10.0. The molecule has 32 heavy (non-hydrogen) atoms. The van der Waals surface area contributed by atoms with Crippen LogP contribution in [-0.4, -0.2) is 22.0 Å². The summed E-state index contributed by atoms with van der Waals surface area (Å²) >= 11 is 0. The van der Waals surface area contributed by atoms with Gasteiger partial charge in [0.1, 0.15) is 17.5 Å². The molecule has 1 aromatic carbocycles. The number of rotatable bonds is 5. The van der Waals surface area contributed by atoms with Gasteiger partial charge >= 0.3 is 6.18 Å². The normalized spacial score (nSPS) is 17.6. The third-order valence-corrected chi connectivity index (χ3v) is 5.20. The number of benzene rings is 1. The van der Waals surface area contributed by atoms with Gasteiger partial charge in [-0.3, -0.25) is 4.79 Å². The molecule has 1 atom stereocenters. The van der Waals surface area contributed by atoms with Crippen LogP contribution in [0, 0.1) is 0 Å². The number of carbonyl (C=O) groups excluding carboxylic acids is 1. The summed E-state index contributed by atoms with van der Waals surface area (Å²) in [5.74, 6) is -0.746. The summed E-state index contributed by atoms with van der Waals surface area (Å²) in [5.41, 5.74) is 2.26. The van der Waals surface area contributed by atoms with Gasteiger partial charge in [0.15, 0.2) is 0 Å². The van der Waals surface area contributed by atoms with Crippen LogP contribution >= 0.6 is 0 Å². The van der Waals surface area contributed by atoms with E-state index in [1.807, 2.05) is 25.3 Å². The van der Waals surface area contributed by atoms with Crippen LogP contribution in [0.2, 0.25) is 0 Å². The fraction of sp³-hybridized carbons (Fsp3) is 0.217. The average Bonchev–Trinajstić information content (AvgIpc) is 3.09. The molecule has 9 heteroatoms. The zero-order chi connectivity index (χ0) is 22.9. The van der Waals surface area contributed by atoms with Gasteiger partial charge in [0, 0.05) is 29.4 Å². The molecule has 2 aliphatic heterocycles. The van der Waals surface area contributed by atoms with Gasteiger partial charge in [-0.15, -0.1) is 0 Å². The van der Waals surface area contributed by atoms with E-state index >= 15 is 0 Å². The third kappa shape index (κ3) is 4.32. The van der Waals surface area contributed by atoms with Crippen molar-refractivity contribution in [2.45, 2.75) is 32.6 Å². The van der Waals surface area contributed by atoms with E-state index in [-0.39, 0.29) is 17.8 Å². The van der Waals surface area contributed by atoms with Crippen molar-refractivity contribution < 1.29 is 22.7 Å². The molecule has 0 saturated heterocycles. The number of halogens is 3. The maximum atomic E-state index is 13.1. The second-order valence-electron chi connectivity index (χ2n) is 7.29. The number of nitrogens with one attached hydrogen (secondary N) is 2. The Morgan fingerprint density at radius 3 is 2.69 bits per heavy atom. The van der Waals surface area contributed by atoms with Gasteiger partial charge < -0.3 is 20.3 Å². The number of nitrogens with zero attached hydrogens (tertiary/aromatic N) is 2. The van der Waals surface area contributed by atoms with Crippen LogP contribution in [0.15, 0.2) is 78.0 Å². The number of ether oxygens (including phenoxy) is 1. The molecule has 2 aliphatic rings. The molecular formula is C23H21F3N4O2. The number of aromatic nitrogens is 1. The molecule has 0 spiro atoms. The van der Waals surface area contributed by atoms with Crippen LogP contribution in [-0.2, 0) is 6.18 Å². The molecule has 1 unspecified atom stereocenters. The van der Waals surface area contributed by atoms with Gasteiger partial charge in [-0.1, -0.05) is 6.92 Å². The highest BCUT2D eigenvalue weighted by Crippen LogP contribution is 2.36. The number of hydrogen-bond donors (Lipinski definition) is 2. The first-order chi connectivity index (χ1) is 15.3. The number of amides is 1. The highest BCUT2D eigenvalue weighted by atomic mass is 19.4. The molecule has 1 amide bonds. The monoisotopic (exact) mass is 442 g/mol. The Morgan fingerprint density at radius 1 is 1.25 bits per heavy atom. The minimum Gasteiger partial charge on any atom is -0.438 e. The maximum Gasteiger partial charge on any atom is 0.421 e. The summed E-state index contributed by atoms with van der Waals surface area (Å²) in [6.07, 6.45) is 3.22. The molecule has 0 saturated carbocycles. The Balaban J connectivity index is 1.44. The number of allylic oxidation sites excluding steroid dienone is 3. The molecule has 0 aliphatic carbocycles. The largest absolute Gasteiger partial charge is 0.438 e. The molecule has 2 N–H and O–H groups in total. The molecule has 1 aromatic heterocycles. The molecule has 2 aromatic rings. The van der Waals surface area contributed by atoms with Gasteiger partial charge in [0.25, 0.3) is 5.91 Å². The van der Waals surface area contributed by atoms with Crippen LogP contribution in [0.5, 0.6) is 11.6 Å². The Labute approximate surface area is 183 Å². The van der Waals surface area contributed by atoms with E-state index in [0.29, 0.717) is 11.3 Å². The lowest BCUT2D eigenvalue weighted by Gasteiger charge is -2.26. The minimum absolute atomic E-state index is 0.0372. The predicted molar refractivity (Wildman–Crippen MR) is 112 cm³/mol. The number of alkyl halides is 3. The second-order valence-corrected chi connectivity index (χ2v) is 7.29. The van der Waals surface area contributed by atoms with Crippen molar-refractivity contribution in [2.24, 2.45) is 0 Å². The van der Waals surface area contributed by atoms with Crippen LogP contribution in [0.25, 0.3) is 0 Å². The summed E-state index contributed by atoms with van der Waals surface area (Å²) in [7, 11) is 0. The lowest BCUT2D eigenvalue weighted by Crippen LogP contribution is -2.36. The van der Waals surface area contributed by atoms with Gasteiger partial charge in [-0.25, -0.2) is 4.98 Å². The van der Waals surface area contributed by atoms with E-state index in [9.17, 15) is 18.0 Å². The topological polar surface area (TPSA) is 66.5 Å². The first-order valence-corrected chi connectivity index (χ1v) is 10.0. The molecule has 0 bridgehead atoms. The lowest BCUT2D eigenvalue weighted by atomic mass is 10.2. The van der Waals surface area contributed by atoms with Crippen molar-refractivity contribution in [1.82, 2.24) is 20.5 Å². The molecule has 0 fully saturated rings. The van der Waals surface area contributed by atoms with E-state index in [0.717, 1.165) is 23.9 Å². The Hall–Kier alpha value is -3.75. The lowest BCUT2D eigenvalue weighted by molar-refractivity contribution is -0.138. The summed E-state index contributed by atoms with van der Waals surface area (Å²) < 4.78 is 44.6. The summed E-state index contributed by atoms with van der Waals surface area (Å²) in [4.78, 5) is 18.3. The number of fused-ring (bicyclic) bond motifs is 1. The molecule has 3 heterocycles. The second kappa shape index (κ2) is 8.41. The van der Waals surface area contributed by atoms with Crippen LogP contribution in [0.4, 0.5) is 13.2 Å². The van der Waals surface area contributed by atoms with Gasteiger partial charge in [0.05, 0.1) is 5.70 Å². The molecule has 166 valence electrons. The highest BCUT2D eigenvalue weighted by molar-refractivity contribution is 5.95. The van der Waals surface area contributed by atoms with E-state index in [1.165, 1.54) is 36.5 Å². The Bertz CT molecular complexity index is 1120. The fourth-order valence-corrected chi connectivity index (χ4v) is 3.53. The maximum absolute atomic E-state index is 13.1. The Morgan fingerprint density at radius 2 is 2.00 bits per heavy atom. The SMILES string of the molecule is CCC1=C(C)N2C=C(NC(=O)c3ccc(Oc4ncccc4C(F)(F)F)cc3)C=CC2N1. The fourth-order valence-electron chi connectivity index (χ4n) is 3.53. The van der Waals surface area contributed by atoms with Gasteiger partial charge in [-0.05, 0) is 61.9 Å². The van der Waals surface area contributed by atoms with Crippen LogP contribution in [0.1, 0.15) is 36.2 Å². The molecule has 6 nitrogen and oxygen atoms in total. The zero-order valence-electron chi connectivity index (χ0n) is 17.4. The van der Waals surface area contributed by atoms with Crippen LogP contribution < -0.4 is 15.4 Å².